The molecule has 1 aromatic heterocycles. The highest BCUT2D eigenvalue weighted by molar-refractivity contribution is 7.99. The number of halogens is 1. The Bertz CT molecular complexity index is 954. The van der Waals surface area contributed by atoms with E-state index in [9.17, 15) is 4.79 Å². The van der Waals surface area contributed by atoms with Crippen LogP contribution in [0.15, 0.2) is 59.8 Å². The van der Waals surface area contributed by atoms with Gasteiger partial charge in [0.2, 0.25) is 11.1 Å². The smallest absolute Gasteiger partial charge is 0.233 e. The largest absolute Gasteiger partial charge is 0.341 e. The van der Waals surface area contributed by atoms with Crippen LogP contribution in [-0.2, 0) is 11.3 Å². The van der Waals surface area contributed by atoms with Crippen LogP contribution in [0.1, 0.15) is 30.1 Å². The van der Waals surface area contributed by atoms with Gasteiger partial charge in [-0.25, -0.2) is 9.67 Å². The minimum Gasteiger partial charge on any atom is -0.341 e. The molecule has 0 radical (unpaired) electrons. The fourth-order valence-electron chi connectivity index (χ4n) is 2.92. The van der Waals surface area contributed by atoms with E-state index in [2.05, 4.69) is 5.10 Å². The minimum absolute atomic E-state index is 0.0454. The van der Waals surface area contributed by atoms with Crippen LogP contribution in [0.3, 0.4) is 0 Å². The van der Waals surface area contributed by atoms with Gasteiger partial charge in [0.1, 0.15) is 5.82 Å². The molecule has 2 aromatic carbocycles. The Morgan fingerprint density at radius 2 is 1.89 bits per heavy atom. The molecule has 7 heteroatoms. The molecule has 0 unspecified atom stereocenters. The normalized spacial score (nSPS) is 13.5. The number of hydrogen-bond donors (Lipinski definition) is 0. The zero-order valence-electron chi connectivity index (χ0n) is 15.6. The summed E-state index contributed by atoms with van der Waals surface area (Å²) in [5.74, 6) is 1.83. The van der Waals surface area contributed by atoms with Crippen LogP contribution in [0.2, 0.25) is 5.02 Å². The number of thioether (sulfide) groups is 1. The number of carbonyl (C=O) groups is 1. The lowest BCUT2D eigenvalue weighted by Crippen LogP contribution is -2.27. The van der Waals surface area contributed by atoms with Gasteiger partial charge in [-0.1, -0.05) is 53.7 Å². The van der Waals surface area contributed by atoms with E-state index in [0.29, 0.717) is 28.4 Å². The van der Waals surface area contributed by atoms with Gasteiger partial charge in [-0.05, 0) is 42.7 Å². The Hall–Kier alpha value is -2.31. The second-order valence-corrected chi connectivity index (χ2v) is 8.32. The van der Waals surface area contributed by atoms with Crippen LogP contribution in [-0.4, -0.2) is 38.4 Å². The maximum absolute atomic E-state index is 12.5. The van der Waals surface area contributed by atoms with E-state index < -0.39 is 0 Å². The summed E-state index contributed by atoms with van der Waals surface area (Å²) >= 11 is 7.30. The fraction of sp³-hybridized carbons (Fsp3) is 0.286. The van der Waals surface area contributed by atoms with Crippen LogP contribution in [0.25, 0.3) is 5.69 Å². The van der Waals surface area contributed by atoms with E-state index in [0.717, 1.165) is 29.9 Å². The topological polar surface area (TPSA) is 51.0 Å². The van der Waals surface area contributed by atoms with E-state index >= 15 is 0 Å². The van der Waals surface area contributed by atoms with Gasteiger partial charge in [0.25, 0.3) is 0 Å². The van der Waals surface area contributed by atoms with Gasteiger partial charge in [0.15, 0.2) is 0 Å². The maximum Gasteiger partial charge on any atom is 0.233 e. The molecule has 0 atom stereocenters. The highest BCUT2D eigenvalue weighted by Crippen LogP contribution is 2.40. The first-order valence-corrected chi connectivity index (χ1v) is 10.6. The Morgan fingerprint density at radius 3 is 2.57 bits per heavy atom. The molecule has 28 heavy (non-hydrogen) atoms. The Kier molecular flexibility index (Phi) is 5.69. The lowest BCUT2D eigenvalue weighted by molar-refractivity contribution is -0.127. The lowest BCUT2D eigenvalue weighted by atomic mass is 10.2. The summed E-state index contributed by atoms with van der Waals surface area (Å²) < 4.78 is 1.92. The van der Waals surface area contributed by atoms with Gasteiger partial charge in [-0.2, -0.15) is 0 Å². The molecule has 144 valence electrons. The number of para-hydroxylation sites is 1. The van der Waals surface area contributed by atoms with Gasteiger partial charge in [-0.15, -0.1) is 5.10 Å². The van der Waals surface area contributed by atoms with Crippen LogP contribution in [0.5, 0.6) is 0 Å². The van der Waals surface area contributed by atoms with Gasteiger partial charge < -0.3 is 4.90 Å². The van der Waals surface area contributed by atoms with Crippen molar-refractivity contribution >= 4 is 29.3 Å². The van der Waals surface area contributed by atoms with Crippen LogP contribution in [0, 0.1) is 0 Å². The number of amides is 1. The van der Waals surface area contributed by atoms with Crippen molar-refractivity contribution in [1.82, 2.24) is 19.7 Å². The average molecular weight is 413 g/mol. The van der Waals surface area contributed by atoms with Crippen molar-refractivity contribution < 1.29 is 4.79 Å². The summed E-state index contributed by atoms with van der Waals surface area (Å²) in [6, 6.07) is 17.6. The van der Waals surface area contributed by atoms with Crippen molar-refractivity contribution in [2.75, 3.05) is 12.8 Å². The van der Waals surface area contributed by atoms with Gasteiger partial charge in [0.05, 0.1) is 11.4 Å². The molecule has 1 heterocycles. The van der Waals surface area contributed by atoms with Crippen molar-refractivity contribution in [3.8, 4) is 5.69 Å². The van der Waals surface area contributed by atoms with Crippen molar-refractivity contribution in [3.63, 3.8) is 0 Å². The van der Waals surface area contributed by atoms with Gasteiger partial charge in [-0.3, -0.25) is 4.79 Å². The van der Waals surface area contributed by atoms with Crippen molar-refractivity contribution in [2.45, 2.75) is 30.5 Å². The predicted molar refractivity (Wildman–Crippen MR) is 112 cm³/mol. The molecule has 4 rings (SSSR count). The standard InChI is InChI=1S/C21H21ClN4OS/c1-25(13-15-7-11-17(22)12-8-15)19(27)14-28-21-23-20(16-9-10-16)26(24-21)18-5-3-2-4-6-18/h2-8,11-12,16H,9-10,13-14H2,1H3. The van der Waals surface area contributed by atoms with E-state index in [1.54, 1.807) is 4.90 Å². The van der Waals surface area contributed by atoms with E-state index in [4.69, 9.17) is 16.6 Å². The number of rotatable bonds is 7. The highest BCUT2D eigenvalue weighted by atomic mass is 35.5. The molecule has 1 aliphatic carbocycles. The third kappa shape index (κ3) is 4.56. The molecule has 0 aliphatic heterocycles. The first kappa shape index (κ1) is 19.0. The number of carbonyl (C=O) groups excluding carboxylic acids is 1. The molecule has 0 saturated heterocycles. The SMILES string of the molecule is CN(Cc1ccc(Cl)cc1)C(=O)CSc1nc(C2CC2)n(-c2ccccc2)n1. The summed E-state index contributed by atoms with van der Waals surface area (Å²) in [4.78, 5) is 18.9. The quantitative estimate of drug-likeness (QED) is 0.534. The molecule has 0 bridgehead atoms. The van der Waals surface area contributed by atoms with Crippen LogP contribution >= 0.6 is 23.4 Å². The van der Waals surface area contributed by atoms with E-state index in [-0.39, 0.29) is 5.91 Å². The zero-order valence-corrected chi connectivity index (χ0v) is 17.2. The molecule has 5 nitrogen and oxygen atoms in total. The third-order valence-corrected chi connectivity index (χ3v) is 5.71. The molecule has 1 amide bonds. The summed E-state index contributed by atoms with van der Waals surface area (Å²) in [5, 5.41) is 6.00. The highest BCUT2D eigenvalue weighted by Gasteiger charge is 2.30. The Labute approximate surface area is 173 Å². The number of hydrogen-bond acceptors (Lipinski definition) is 4. The molecular formula is C21H21ClN4OS. The van der Waals surface area contributed by atoms with Crippen molar-refractivity contribution in [2.24, 2.45) is 0 Å². The number of nitrogens with zero attached hydrogens (tertiary/aromatic N) is 4. The van der Waals surface area contributed by atoms with E-state index in [1.807, 2.05) is 66.3 Å². The monoisotopic (exact) mass is 412 g/mol. The second kappa shape index (κ2) is 8.37. The van der Waals surface area contributed by atoms with Crippen LogP contribution < -0.4 is 0 Å². The first-order chi connectivity index (χ1) is 13.6. The maximum atomic E-state index is 12.5. The summed E-state index contributed by atoms with van der Waals surface area (Å²) in [7, 11) is 1.81. The second-order valence-electron chi connectivity index (χ2n) is 6.94. The van der Waals surface area contributed by atoms with Crippen molar-refractivity contribution in [1.29, 1.82) is 0 Å². The first-order valence-electron chi connectivity index (χ1n) is 9.24. The Balaban J connectivity index is 1.40. The lowest BCUT2D eigenvalue weighted by Gasteiger charge is -2.16. The van der Waals surface area contributed by atoms with Crippen LogP contribution in [0.4, 0.5) is 0 Å². The fourth-order valence-corrected chi connectivity index (χ4v) is 3.82. The summed E-state index contributed by atoms with van der Waals surface area (Å²) in [5.41, 5.74) is 2.06. The molecular weight excluding hydrogens is 392 g/mol. The molecule has 1 aliphatic rings. The molecule has 1 saturated carbocycles. The number of benzene rings is 2. The Morgan fingerprint density at radius 1 is 1.18 bits per heavy atom. The summed E-state index contributed by atoms with van der Waals surface area (Å²) in [6.45, 7) is 0.551. The molecule has 0 N–H and O–H groups in total. The summed E-state index contributed by atoms with van der Waals surface area (Å²) in [6.07, 6.45) is 2.30. The minimum atomic E-state index is 0.0454. The predicted octanol–water partition coefficient (Wildman–Crippen LogP) is 4.55. The zero-order chi connectivity index (χ0) is 19.5. The van der Waals surface area contributed by atoms with Crippen molar-refractivity contribution in [3.05, 3.63) is 71.0 Å². The average Bonchev–Trinajstić information content (AvgIpc) is 3.48. The molecule has 1 fully saturated rings. The third-order valence-electron chi connectivity index (χ3n) is 4.64. The molecule has 3 aromatic rings. The van der Waals surface area contributed by atoms with Gasteiger partial charge >= 0.3 is 0 Å². The number of aromatic nitrogens is 3. The molecule has 0 spiro atoms. The van der Waals surface area contributed by atoms with E-state index in [1.165, 1.54) is 11.8 Å². The van der Waals surface area contributed by atoms with Gasteiger partial charge in [0, 0.05) is 24.5 Å².